The van der Waals surface area contributed by atoms with Crippen molar-refractivity contribution >= 4 is 35.0 Å². The highest BCUT2D eigenvalue weighted by Gasteiger charge is 2.28. The molecule has 0 fully saturated rings. The van der Waals surface area contributed by atoms with Gasteiger partial charge in [-0.3, -0.25) is 28.5 Å². The highest BCUT2D eigenvalue weighted by atomic mass is 19.1. The topological polar surface area (TPSA) is 230 Å². The lowest BCUT2D eigenvalue weighted by molar-refractivity contribution is -0.128. The van der Waals surface area contributed by atoms with E-state index in [9.17, 15) is 38.4 Å². The molecule has 5 rings (SSSR count). The lowest BCUT2D eigenvalue weighted by Gasteiger charge is -2.24. The van der Waals surface area contributed by atoms with Gasteiger partial charge in [-0.15, -0.1) is 0 Å². The summed E-state index contributed by atoms with van der Waals surface area (Å²) in [7, 11) is 0. The zero-order valence-electron chi connectivity index (χ0n) is 31.6. The first-order valence-electron chi connectivity index (χ1n) is 17.6. The van der Waals surface area contributed by atoms with E-state index < -0.39 is 58.7 Å². The maximum atomic E-state index is 13.6. The predicted octanol–water partition coefficient (Wildman–Crippen LogP) is 3.93. The zero-order valence-corrected chi connectivity index (χ0v) is 31.6. The van der Waals surface area contributed by atoms with E-state index in [0.717, 1.165) is 0 Å². The number of rotatable bonds is 14. The van der Waals surface area contributed by atoms with Crippen molar-refractivity contribution in [2.24, 2.45) is 5.92 Å². The Kier molecular flexibility index (Phi) is 12.8. The van der Waals surface area contributed by atoms with E-state index in [1.807, 2.05) is 6.07 Å². The number of aryl methyl sites for hydroxylation is 2. The minimum Gasteiger partial charge on any atom is -0.488 e. The van der Waals surface area contributed by atoms with E-state index >= 15 is 0 Å². The lowest BCUT2D eigenvalue weighted by atomic mass is 10.0. The number of aromatic amines is 1. The number of nitrogens with one attached hydrogen (secondary N) is 5. The minimum atomic E-state index is -1.10. The Hall–Kier alpha value is -7.35. The third-order valence-electron chi connectivity index (χ3n) is 8.86. The SMILES string of the molecule is Cc1noc(C)c1COc1cc(C#N)ccc1C(=O)Nc1cccc(C(=O)N[C@H](C(=O)N[C@@H](C)C(=O)Nc2ccc(Cn3c(=O)[nH]cc(F)c3=O)cc2)C(C)C)c1. The van der Waals surface area contributed by atoms with E-state index in [4.69, 9.17) is 9.26 Å². The van der Waals surface area contributed by atoms with Gasteiger partial charge in [-0.05, 0) is 80.8 Å². The van der Waals surface area contributed by atoms with Crippen LogP contribution in [0.25, 0.3) is 0 Å². The molecule has 2 heterocycles. The molecule has 0 radical (unpaired) electrons. The Balaban J connectivity index is 1.19. The van der Waals surface area contributed by atoms with E-state index in [-0.39, 0.29) is 41.3 Å². The molecule has 0 unspecified atom stereocenters. The molecular formula is C40H39FN8O8. The Labute approximate surface area is 325 Å². The monoisotopic (exact) mass is 778 g/mol. The number of carbonyl (C=O) groups excluding carboxylic acids is 4. The first-order valence-corrected chi connectivity index (χ1v) is 17.6. The van der Waals surface area contributed by atoms with Crippen LogP contribution in [0.5, 0.6) is 5.75 Å². The number of halogens is 1. The molecule has 5 aromatic rings. The highest BCUT2D eigenvalue weighted by molar-refractivity contribution is 6.07. The van der Waals surface area contributed by atoms with Gasteiger partial charge in [-0.1, -0.05) is 37.2 Å². The van der Waals surface area contributed by atoms with Gasteiger partial charge < -0.3 is 35.5 Å². The first kappa shape index (κ1) is 40.8. The molecule has 0 aliphatic rings. The number of hydrogen-bond acceptors (Lipinski definition) is 10. The maximum absolute atomic E-state index is 13.6. The van der Waals surface area contributed by atoms with Crippen molar-refractivity contribution in [1.29, 1.82) is 5.26 Å². The van der Waals surface area contributed by atoms with Crippen LogP contribution >= 0.6 is 0 Å². The van der Waals surface area contributed by atoms with Crippen LogP contribution < -0.4 is 37.3 Å². The molecule has 0 spiro atoms. The summed E-state index contributed by atoms with van der Waals surface area (Å²) in [6.45, 7) is 8.26. The second kappa shape index (κ2) is 17.9. The molecule has 294 valence electrons. The summed E-state index contributed by atoms with van der Waals surface area (Å²) in [5.41, 5.74) is 1.17. The van der Waals surface area contributed by atoms with Crippen LogP contribution in [0.1, 0.15) is 69.6 Å². The maximum Gasteiger partial charge on any atom is 0.328 e. The van der Waals surface area contributed by atoms with E-state index in [0.29, 0.717) is 39.0 Å². The van der Waals surface area contributed by atoms with Gasteiger partial charge in [0, 0.05) is 23.1 Å². The smallest absolute Gasteiger partial charge is 0.328 e. The number of H-pyrrole nitrogens is 1. The molecule has 0 bridgehead atoms. The van der Waals surface area contributed by atoms with E-state index in [1.54, 1.807) is 52.0 Å². The van der Waals surface area contributed by atoms with Gasteiger partial charge in [0.1, 0.15) is 30.2 Å². The number of carbonyl (C=O) groups is 4. The van der Waals surface area contributed by atoms with Gasteiger partial charge in [-0.25, -0.2) is 4.79 Å². The number of anilines is 2. The minimum absolute atomic E-state index is 0.0459. The molecule has 0 saturated carbocycles. The van der Waals surface area contributed by atoms with Crippen LogP contribution in [-0.2, 0) is 22.7 Å². The van der Waals surface area contributed by atoms with Crippen LogP contribution in [-0.4, -0.2) is 50.4 Å². The molecule has 2 aromatic heterocycles. The quantitative estimate of drug-likeness (QED) is 0.109. The molecule has 2 atom stereocenters. The van der Waals surface area contributed by atoms with E-state index in [1.165, 1.54) is 49.4 Å². The fourth-order valence-electron chi connectivity index (χ4n) is 5.58. The summed E-state index contributed by atoms with van der Waals surface area (Å²) in [5, 5.41) is 24.1. The van der Waals surface area contributed by atoms with Crippen LogP contribution in [0.15, 0.2) is 87.0 Å². The predicted molar refractivity (Wildman–Crippen MR) is 205 cm³/mol. The van der Waals surface area contributed by atoms with Crippen molar-refractivity contribution in [3.63, 3.8) is 0 Å². The van der Waals surface area contributed by atoms with Crippen molar-refractivity contribution in [2.75, 3.05) is 10.6 Å². The van der Waals surface area contributed by atoms with Crippen LogP contribution in [0, 0.1) is 36.9 Å². The number of nitrogens with zero attached hydrogens (tertiary/aromatic N) is 3. The van der Waals surface area contributed by atoms with Crippen molar-refractivity contribution in [3.05, 3.63) is 139 Å². The fraction of sp³-hybridized carbons (Fsp3) is 0.250. The standard InChI is InChI=1S/C40H39FN8O8/c1-21(2)34(38(53)44-23(4)35(50)45-28-12-9-25(10-13-28)19-49-39(54)32(41)18-43-40(49)55)47-36(51)27-7-6-8-29(16-27)46-37(52)30-14-11-26(17-42)15-33(30)56-20-31-22(3)48-57-24(31)5/h6-16,18,21,23,34H,19-20H2,1-5H3,(H,43,55)(H,44,53)(H,45,50)(H,46,52)(H,47,51)/t23-,34-/m0/s1. The molecule has 0 aliphatic carbocycles. The van der Waals surface area contributed by atoms with Crippen LogP contribution in [0.2, 0.25) is 0 Å². The Morgan fingerprint density at radius 1 is 0.930 bits per heavy atom. The molecule has 17 heteroatoms. The third-order valence-corrected chi connectivity index (χ3v) is 8.86. The van der Waals surface area contributed by atoms with Gasteiger partial charge in [-0.2, -0.15) is 9.65 Å². The van der Waals surface area contributed by atoms with Gasteiger partial charge in [0.05, 0.1) is 35.0 Å². The molecule has 4 amide bonds. The normalized spacial score (nSPS) is 11.9. The molecule has 3 aromatic carbocycles. The fourth-order valence-corrected chi connectivity index (χ4v) is 5.58. The Bertz CT molecular complexity index is 2460. The number of benzene rings is 3. The Morgan fingerprint density at radius 2 is 1.67 bits per heavy atom. The largest absolute Gasteiger partial charge is 0.488 e. The van der Waals surface area contributed by atoms with E-state index in [2.05, 4.69) is 31.4 Å². The molecule has 57 heavy (non-hydrogen) atoms. The summed E-state index contributed by atoms with van der Waals surface area (Å²) in [5.74, 6) is -3.13. The van der Waals surface area contributed by atoms with Crippen molar-refractivity contribution in [3.8, 4) is 11.8 Å². The highest BCUT2D eigenvalue weighted by Crippen LogP contribution is 2.25. The first-order chi connectivity index (χ1) is 27.1. The Morgan fingerprint density at radius 3 is 2.33 bits per heavy atom. The summed E-state index contributed by atoms with van der Waals surface area (Å²) in [4.78, 5) is 79.3. The van der Waals surface area contributed by atoms with Gasteiger partial charge in [0.25, 0.3) is 17.4 Å². The number of ether oxygens (including phenoxy) is 1. The average molecular weight is 779 g/mol. The lowest BCUT2D eigenvalue weighted by Crippen LogP contribution is -2.53. The molecule has 0 saturated heterocycles. The number of aromatic nitrogens is 3. The number of amides is 4. The molecule has 16 nitrogen and oxygen atoms in total. The van der Waals surface area contributed by atoms with Gasteiger partial charge in [0.15, 0.2) is 0 Å². The van der Waals surface area contributed by atoms with Gasteiger partial charge in [0.2, 0.25) is 17.6 Å². The third kappa shape index (κ3) is 10.0. The number of nitriles is 1. The van der Waals surface area contributed by atoms with Crippen molar-refractivity contribution in [2.45, 2.75) is 59.9 Å². The second-order valence-electron chi connectivity index (χ2n) is 13.4. The summed E-state index contributed by atoms with van der Waals surface area (Å²) < 4.78 is 25.5. The van der Waals surface area contributed by atoms with Gasteiger partial charge >= 0.3 is 5.69 Å². The summed E-state index contributed by atoms with van der Waals surface area (Å²) >= 11 is 0. The second-order valence-corrected chi connectivity index (χ2v) is 13.4. The average Bonchev–Trinajstić information content (AvgIpc) is 3.51. The van der Waals surface area contributed by atoms with Crippen molar-refractivity contribution < 1.29 is 32.8 Å². The van der Waals surface area contributed by atoms with Crippen LogP contribution in [0.3, 0.4) is 0 Å². The molecule has 5 N–H and O–H groups in total. The summed E-state index contributed by atoms with van der Waals surface area (Å²) in [6, 6.07) is 16.6. The van der Waals surface area contributed by atoms with Crippen molar-refractivity contribution in [1.82, 2.24) is 25.3 Å². The summed E-state index contributed by atoms with van der Waals surface area (Å²) in [6.07, 6.45) is 0.692. The molecular weight excluding hydrogens is 739 g/mol. The zero-order chi connectivity index (χ0) is 41.4. The number of hydrogen-bond donors (Lipinski definition) is 5. The molecule has 0 aliphatic heterocycles. The van der Waals surface area contributed by atoms with Crippen LogP contribution in [0.4, 0.5) is 15.8 Å².